The highest BCUT2D eigenvalue weighted by Crippen LogP contribution is 2.25. The number of nitrogens with one attached hydrogen (secondary N) is 2. The number of aromatic nitrogens is 2. The molecule has 1 fully saturated rings. The van der Waals surface area contributed by atoms with Crippen LogP contribution in [0.5, 0.6) is 0 Å². The molecule has 4 rings (SSSR count). The molecular formula is C21H17F2N5O2. The molecule has 1 aromatic heterocycles. The van der Waals surface area contributed by atoms with Crippen LogP contribution in [-0.4, -0.2) is 35.4 Å². The molecule has 0 bridgehead atoms. The van der Waals surface area contributed by atoms with Crippen LogP contribution in [0.15, 0.2) is 48.8 Å². The number of carbonyl (C=O) groups excluding carboxylic acids is 1. The van der Waals surface area contributed by atoms with E-state index in [1.165, 1.54) is 35.3 Å². The highest BCUT2D eigenvalue weighted by molar-refractivity contribution is 6.04. The summed E-state index contributed by atoms with van der Waals surface area (Å²) in [4.78, 5) is 12.5. The minimum atomic E-state index is -0.638. The van der Waals surface area contributed by atoms with Gasteiger partial charge in [-0.05, 0) is 30.3 Å². The van der Waals surface area contributed by atoms with Crippen molar-refractivity contribution < 1.29 is 18.3 Å². The first-order valence-electron chi connectivity index (χ1n) is 9.23. The van der Waals surface area contributed by atoms with E-state index in [1.807, 2.05) is 6.07 Å². The molecule has 0 saturated carbocycles. The van der Waals surface area contributed by atoms with Crippen molar-refractivity contribution in [1.29, 1.82) is 5.26 Å². The lowest BCUT2D eigenvalue weighted by molar-refractivity contribution is 0.0255. The summed E-state index contributed by atoms with van der Waals surface area (Å²) >= 11 is 0. The van der Waals surface area contributed by atoms with Gasteiger partial charge in [0.25, 0.3) is 5.91 Å². The van der Waals surface area contributed by atoms with Gasteiger partial charge in [-0.3, -0.25) is 4.79 Å². The van der Waals surface area contributed by atoms with E-state index < -0.39 is 17.5 Å². The molecule has 1 atom stereocenters. The molecule has 0 unspecified atom stereocenters. The summed E-state index contributed by atoms with van der Waals surface area (Å²) in [6.45, 7) is 1.76. The molecule has 1 amide bonds. The number of morpholine rings is 1. The van der Waals surface area contributed by atoms with E-state index in [1.54, 1.807) is 12.1 Å². The monoisotopic (exact) mass is 409 g/mol. The predicted molar refractivity (Wildman–Crippen MR) is 104 cm³/mol. The van der Waals surface area contributed by atoms with Crippen molar-refractivity contribution >= 4 is 11.6 Å². The highest BCUT2D eigenvalue weighted by Gasteiger charge is 2.20. The first-order chi connectivity index (χ1) is 14.5. The first kappa shape index (κ1) is 19.7. The molecular weight excluding hydrogens is 392 g/mol. The van der Waals surface area contributed by atoms with Gasteiger partial charge in [-0.15, -0.1) is 0 Å². The number of nitrogens with zero attached hydrogens (tertiary/aromatic N) is 3. The maximum atomic E-state index is 14.5. The molecule has 0 radical (unpaired) electrons. The SMILES string of the molecule is N#Cc1ccc(-n2cc(C(=O)Nc3ccc([C@H]4CNCCO4)c(F)c3)cn2)c(F)c1. The van der Waals surface area contributed by atoms with E-state index in [0.29, 0.717) is 18.7 Å². The van der Waals surface area contributed by atoms with E-state index >= 15 is 0 Å². The van der Waals surface area contributed by atoms with Gasteiger partial charge in [0, 0.05) is 30.5 Å². The van der Waals surface area contributed by atoms with E-state index in [9.17, 15) is 13.6 Å². The summed E-state index contributed by atoms with van der Waals surface area (Å²) in [5.41, 5.74) is 1.15. The fourth-order valence-corrected chi connectivity index (χ4v) is 3.17. The summed E-state index contributed by atoms with van der Waals surface area (Å²) in [7, 11) is 0. The lowest BCUT2D eigenvalue weighted by atomic mass is 10.1. The number of carbonyl (C=O) groups is 1. The van der Waals surface area contributed by atoms with Crippen molar-refractivity contribution in [3.8, 4) is 11.8 Å². The average Bonchev–Trinajstić information content (AvgIpc) is 3.24. The molecule has 0 aliphatic carbocycles. The van der Waals surface area contributed by atoms with Crippen LogP contribution in [0.3, 0.4) is 0 Å². The van der Waals surface area contributed by atoms with Gasteiger partial charge in [-0.2, -0.15) is 10.4 Å². The number of amides is 1. The molecule has 3 aromatic rings. The molecule has 2 heterocycles. The summed E-state index contributed by atoms with van der Waals surface area (Å²) < 4.78 is 35.4. The van der Waals surface area contributed by atoms with Crippen molar-refractivity contribution in [3.63, 3.8) is 0 Å². The van der Waals surface area contributed by atoms with Crippen molar-refractivity contribution in [1.82, 2.24) is 15.1 Å². The van der Waals surface area contributed by atoms with Crippen LogP contribution in [0.2, 0.25) is 0 Å². The van der Waals surface area contributed by atoms with Crippen LogP contribution in [0.1, 0.15) is 27.6 Å². The molecule has 7 nitrogen and oxygen atoms in total. The molecule has 1 aliphatic heterocycles. The molecule has 1 aliphatic rings. The maximum Gasteiger partial charge on any atom is 0.258 e. The van der Waals surface area contributed by atoms with E-state index in [4.69, 9.17) is 10.00 Å². The summed E-state index contributed by atoms with van der Waals surface area (Å²) in [5.74, 6) is -1.63. The molecule has 2 aromatic carbocycles. The second-order valence-corrected chi connectivity index (χ2v) is 6.71. The Morgan fingerprint density at radius 3 is 2.83 bits per heavy atom. The Bertz CT molecular complexity index is 1130. The number of nitriles is 1. The topological polar surface area (TPSA) is 92.0 Å². The number of benzene rings is 2. The Hall–Kier alpha value is -3.61. The Morgan fingerprint density at radius 2 is 2.13 bits per heavy atom. The van der Waals surface area contributed by atoms with Crippen LogP contribution < -0.4 is 10.6 Å². The van der Waals surface area contributed by atoms with Gasteiger partial charge in [0.15, 0.2) is 0 Å². The fraction of sp³-hybridized carbons (Fsp3) is 0.190. The van der Waals surface area contributed by atoms with Gasteiger partial charge in [-0.25, -0.2) is 13.5 Å². The van der Waals surface area contributed by atoms with Crippen LogP contribution in [0.25, 0.3) is 5.69 Å². The second-order valence-electron chi connectivity index (χ2n) is 6.71. The zero-order valence-corrected chi connectivity index (χ0v) is 15.7. The van der Waals surface area contributed by atoms with Crippen LogP contribution in [0.4, 0.5) is 14.5 Å². The van der Waals surface area contributed by atoms with Gasteiger partial charge in [0.2, 0.25) is 0 Å². The molecule has 152 valence electrons. The maximum absolute atomic E-state index is 14.5. The summed E-state index contributed by atoms with van der Waals surface area (Å²) in [5, 5.41) is 18.6. The minimum Gasteiger partial charge on any atom is -0.371 e. The first-order valence-corrected chi connectivity index (χ1v) is 9.23. The minimum absolute atomic E-state index is 0.101. The van der Waals surface area contributed by atoms with Crippen molar-refractivity contribution in [3.05, 3.63) is 77.1 Å². The van der Waals surface area contributed by atoms with Crippen LogP contribution in [0, 0.1) is 23.0 Å². The summed E-state index contributed by atoms with van der Waals surface area (Å²) in [6, 6.07) is 10.2. The average molecular weight is 409 g/mol. The van der Waals surface area contributed by atoms with Crippen molar-refractivity contribution in [2.75, 3.05) is 25.0 Å². The highest BCUT2D eigenvalue weighted by atomic mass is 19.1. The molecule has 0 spiro atoms. The number of rotatable bonds is 4. The predicted octanol–water partition coefficient (Wildman–Crippen LogP) is 2.94. The second kappa shape index (κ2) is 8.41. The van der Waals surface area contributed by atoms with Gasteiger partial charge < -0.3 is 15.4 Å². The molecule has 30 heavy (non-hydrogen) atoms. The lowest BCUT2D eigenvalue weighted by Gasteiger charge is -2.24. The van der Waals surface area contributed by atoms with E-state index in [0.717, 1.165) is 12.6 Å². The van der Waals surface area contributed by atoms with Gasteiger partial charge in [0.1, 0.15) is 17.3 Å². The Balaban J connectivity index is 1.48. The third-order valence-corrected chi connectivity index (χ3v) is 4.70. The molecule has 2 N–H and O–H groups in total. The number of hydrogen-bond acceptors (Lipinski definition) is 5. The molecule has 1 saturated heterocycles. The Labute approximate surface area is 170 Å². The van der Waals surface area contributed by atoms with Crippen molar-refractivity contribution in [2.45, 2.75) is 6.10 Å². The van der Waals surface area contributed by atoms with Crippen molar-refractivity contribution in [2.24, 2.45) is 0 Å². The number of ether oxygens (including phenoxy) is 1. The fourth-order valence-electron chi connectivity index (χ4n) is 3.17. The standard InChI is InChI=1S/C21H17F2N5O2/c22-17-8-15(2-3-16(17)20-11-25-5-6-30-20)27-21(29)14-10-26-28(12-14)19-4-1-13(9-24)7-18(19)23/h1-4,7-8,10,12,20,25H,5-6,11H2,(H,27,29)/t20-/m1/s1. The smallest absolute Gasteiger partial charge is 0.258 e. The zero-order chi connectivity index (χ0) is 21.1. The third kappa shape index (κ3) is 4.05. The van der Waals surface area contributed by atoms with Gasteiger partial charge >= 0.3 is 0 Å². The van der Waals surface area contributed by atoms with E-state index in [2.05, 4.69) is 15.7 Å². The van der Waals surface area contributed by atoms with Crippen LogP contribution >= 0.6 is 0 Å². The number of anilines is 1. The Morgan fingerprint density at radius 1 is 1.27 bits per heavy atom. The largest absolute Gasteiger partial charge is 0.371 e. The van der Waals surface area contributed by atoms with Gasteiger partial charge in [-0.1, -0.05) is 6.07 Å². The normalized spacial score (nSPS) is 16.1. The zero-order valence-electron chi connectivity index (χ0n) is 15.7. The third-order valence-electron chi connectivity index (χ3n) is 4.70. The Kier molecular flexibility index (Phi) is 5.52. The van der Waals surface area contributed by atoms with Gasteiger partial charge in [0.05, 0.1) is 36.1 Å². The number of halogens is 2. The van der Waals surface area contributed by atoms with E-state index in [-0.39, 0.29) is 28.6 Å². The molecule has 9 heteroatoms. The quantitative estimate of drug-likeness (QED) is 0.691. The number of hydrogen-bond donors (Lipinski definition) is 2. The lowest BCUT2D eigenvalue weighted by Crippen LogP contribution is -2.33. The summed E-state index contributed by atoms with van der Waals surface area (Å²) in [6.07, 6.45) is 2.26. The van der Waals surface area contributed by atoms with Crippen LogP contribution in [-0.2, 0) is 4.74 Å².